The molecule has 0 spiro atoms. The molecular weight excluding hydrogens is 310 g/mol. The Bertz CT molecular complexity index is 653. The van der Waals surface area contributed by atoms with Crippen molar-refractivity contribution in [3.8, 4) is 17.7 Å². The molecule has 1 heterocycles. The molecule has 0 bridgehead atoms. The van der Waals surface area contributed by atoms with Crippen molar-refractivity contribution in [1.29, 1.82) is 5.26 Å². The normalized spacial score (nSPS) is 9.79. The molecule has 0 aliphatic heterocycles. The number of aromatic nitrogens is 2. The van der Waals surface area contributed by atoms with Crippen LogP contribution in [0.4, 0.5) is 5.95 Å². The van der Waals surface area contributed by atoms with Gasteiger partial charge in [-0.2, -0.15) is 10.2 Å². The predicted molar refractivity (Wildman–Crippen MR) is 73.5 cm³/mol. The molecule has 0 unspecified atom stereocenters. The van der Waals surface area contributed by atoms with Crippen LogP contribution in [-0.2, 0) is 0 Å². The highest BCUT2D eigenvalue weighted by molar-refractivity contribution is 9.10. The van der Waals surface area contributed by atoms with Crippen LogP contribution in [0.1, 0.15) is 11.1 Å². The van der Waals surface area contributed by atoms with E-state index in [-0.39, 0.29) is 5.95 Å². The topological polar surface area (TPSA) is 96.8 Å². The summed E-state index contributed by atoms with van der Waals surface area (Å²) in [4.78, 5) is 8.01. The molecule has 0 aliphatic rings. The largest absolute Gasteiger partial charge is 0.437 e. The Labute approximate surface area is 118 Å². The number of hydrogen-bond acceptors (Lipinski definition) is 6. The summed E-state index contributed by atoms with van der Waals surface area (Å²) >= 11 is 3.29. The van der Waals surface area contributed by atoms with Crippen LogP contribution in [0, 0.1) is 18.3 Å². The molecule has 0 saturated heterocycles. The van der Waals surface area contributed by atoms with Crippen molar-refractivity contribution in [3.63, 3.8) is 0 Å². The van der Waals surface area contributed by atoms with Crippen molar-refractivity contribution < 1.29 is 4.74 Å². The van der Waals surface area contributed by atoms with E-state index < -0.39 is 0 Å². The van der Waals surface area contributed by atoms with Crippen LogP contribution < -0.4 is 16.0 Å². The number of nitrogens with two attached hydrogens (primary N) is 1. The molecule has 3 N–H and O–H groups in total. The molecule has 1 aromatic heterocycles. The second-order valence-electron chi connectivity index (χ2n) is 3.69. The molecule has 7 heteroatoms. The molecular formula is C12H10BrN5O. The van der Waals surface area contributed by atoms with Crippen LogP contribution in [0.25, 0.3) is 0 Å². The van der Waals surface area contributed by atoms with E-state index in [9.17, 15) is 0 Å². The molecule has 0 aliphatic carbocycles. The number of hydrogen-bond donors (Lipinski definition) is 2. The van der Waals surface area contributed by atoms with Gasteiger partial charge in [0, 0.05) is 0 Å². The molecule has 2 rings (SSSR count). The van der Waals surface area contributed by atoms with Gasteiger partial charge in [-0.15, -0.1) is 0 Å². The molecule has 0 radical (unpaired) electrons. The van der Waals surface area contributed by atoms with Gasteiger partial charge in [-0.25, -0.2) is 10.8 Å². The maximum absolute atomic E-state index is 8.89. The predicted octanol–water partition coefficient (Wildman–Crippen LogP) is 2.50. The molecule has 2 aromatic rings. The summed E-state index contributed by atoms with van der Waals surface area (Å²) in [5.41, 5.74) is 3.75. The van der Waals surface area contributed by atoms with Crippen molar-refractivity contribution in [3.05, 3.63) is 40.0 Å². The van der Waals surface area contributed by atoms with Gasteiger partial charge < -0.3 is 4.74 Å². The quantitative estimate of drug-likeness (QED) is 0.666. The minimum Gasteiger partial charge on any atom is -0.437 e. The fraction of sp³-hybridized carbons (Fsp3) is 0.0833. The van der Waals surface area contributed by atoms with Gasteiger partial charge in [0.25, 0.3) is 0 Å². The zero-order valence-corrected chi connectivity index (χ0v) is 11.6. The first-order valence-corrected chi connectivity index (χ1v) is 6.11. The highest BCUT2D eigenvalue weighted by atomic mass is 79.9. The fourth-order valence-corrected chi connectivity index (χ4v) is 1.65. The van der Waals surface area contributed by atoms with E-state index in [1.54, 1.807) is 12.1 Å². The smallest absolute Gasteiger partial charge is 0.240 e. The van der Waals surface area contributed by atoms with Crippen LogP contribution in [-0.4, -0.2) is 9.97 Å². The van der Waals surface area contributed by atoms with E-state index in [2.05, 4.69) is 37.4 Å². The number of hydrazine groups is 1. The Hall–Kier alpha value is -2.17. The van der Waals surface area contributed by atoms with Gasteiger partial charge in [-0.3, -0.25) is 5.43 Å². The number of nitrogens with one attached hydrogen (secondary N) is 1. The maximum atomic E-state index is 8.89. The number of ether oxygens (including phenoxy) is 1. The van der Waals surface area contributed by atoms with E-state index in [0.717, 1.165) is 5.56 Å². The van der Waals surface area contributed by atoms with Crippen LogP contribution in [0.2, 0.25) is 0 Å². The first-order valence-electron chi connectivity index (χ1n) is 5.32. The van der Waals surface area contributed by atoms with Crippen LogP contribution in [0.3, 0.4) is 0 Å². The number of benzene rings is 1. The van der Waals surface area contributed by atoms with E-state index >= 15 is 0 Å². The summed E-state index contributed by atoms with van der Waals surface area (Å²) in [7, 11) is 0. The first kappa shape index (κ1) is 13.3. The third-order valence-electron chi connectivity index (χ3n) is 2.36. The van der Waals surface area contributed by atoms with Crippen molar-refractivity contribution in [2.45, 2.75) is 6.92 Å². The second kappa shape index (κ2) is 5.65. The van der Waals surface area contributed by atoms with Gasteiger partial charge in [-0.1, -0.05) is 6.07 Å². The summed E-state index contributed by atoms with van der Waals surface area (Å²) in [5, 5.41) is 8.89. The van der Waals surface area contributed by atoms with E-state index in [1.165, 1.54) is 6.20 Å². The number of halogens is 1. The lowest BCUT2D eigenvalue weighted by molar-refractivity contribution is 0.455. The minimum atomic E-state index is 0.243. The van der Waals surface area contributed by atoms with Gasteiger partial charge in [-0.05, 0) is 40.5 Å². The number of nitrogen functional groups attached to an aromatic ring is 1. The molecule has 19 heavy (non-hydrogen) atoms. The average Bonchev–Trinajstić information content (AvgIpc) is 2.43. The standard InChI is InChI=1S/C12H10BrN5O/c1-7-2-3-8(5-14)4-10(7)19-11-9(13)6-16-12(17-11)18-15/h2-4,6H,15H2,1H3,(H,16,17,18). The third-order valence-corrected chi connectivity index (χ3v) is 2.91. The van der Waals surface area contributed by atoms with Crippen molar-refractivity contribution in [2.75, 3.05) is 5.43 Å². The highest BCUT2D eigenvalue weighted by Crippen LogP contribution is 2.30. The zero-order chi connectivity index (χ0) is 13.8. The third kappa shape index (κ3) is 2.99. The maximum Gasteiger partial charge on any atom is 0.240 e. The summed E-state index contributed by atoms with van der Waals surface area (Å²) in [6.07, 6.45) is 1.53. The second-order valence-corrected chi connectivity index (χ2v) is 4.54. The Morgan fingerprint density at radius 1 is 1.47 bits per heavy atom. The SMILES string of the molecule is Cc1ccc(C#N)cc1Oc1nc(NN)ncc1Br. The number of nitriles is 1. The summed E-state index contributed by atoms with van der Waals surface area (Å²) < 4.78 is 6.27. The molecule has 0 saturated carbocycles. The minimum absolute atomic E-state index is 0.243. The molecule has 1 aromatic carbocycles. The number of anilines is 1. The fourth-order valence-electron chi connectivity index (χ4n) is 1.38. The van der Waals surface area contributed by atoms with Crippen molar-refractivity contribution in [1.82, 2.24) is 9.97 Å². The Balaban J connectivity index is 2.38. The highest BCUT2D eigenvalue weighted by Gasteiger charge is 2.09. The Morgan fingerprint density at radius 3 is 2.95 bits per heavy atom. The monoisotopic (exact) mass is 319 g/mol. The van der Waals surface area contributed by atoms with Gasteiger partial charge in [0.15, 0.2) is 0 Å². The number of aryl methyl sites for hydroxylation is 1. The lowest BCUT2D eigenvalue weighted by Crippen LogP contribution is -2.10. The lowest BCUT2D eigenvalue weighted by Gasteiger charge is -2.10. The number of nitrogens with zero attached hydrogens (tertiary/aromatic N) is 3. The van der Waals surface area contributed by atoms with Crippen molar-refractivity contribution in [2.24, 2.45) is 5.84 Å². The molecule has 6 nitrogen and oxygen atoms in total. The van der Waals surface area contributed by atoms with E-state index in [0.29, 0.717) is 21.7 Å². The average molecular weight is 320 g/mol. The van der Waals surface area contributed by atoms with E-state index in [4.69, 9.17) is 15.8 Å². The molecule has 96 valence electrons. The van der Waals surface area contributed by atoms with Gasteiger partial charge in [0.2, 0.25) is 11.8 Å². The summed E-state index contributed by atoms with van der Waals surface area (Å²) in [6.45, 7) is 1.88. The van der Waals surface area contributed by atoms with Gasteiger partial charge in [0.1, 0.15) is 5.75 Å². The lowest BCUT2D eigenvalue weighted by atomic mass is 10.1. The molecule has 0 amide bonds. The molecule has 0 atom stereocenters. The van der Waals surface area contributed by atoms with E-state index in [1.807, 2.05) is 13.0 Å². The van der Waals surface area contributed by atoms with Crippen molar-refractivity contribution >= 4 is 21.9 Å². The first-order chi connectivity index (χ1) is 9.13. The summed E-state index contributed by atoms with van der Waals surface area (Å²) in [6, 6.07) is 7.25. The summed E-state index contributed by atoms with van der Waals surface area (Å²) in [5.74, 6) is 6.37. The zero-order valence-electron chi connectivity index (χ0n) is 10.0. The van der Waals surface area contributed by atoms with Gasteiger partial charge in [0.05, 0.1) is 22.3 Å². The van der Waals surface area contributed by atoms with Crippen LogP contribution in [0.5, 0.6) is 11.6 Å². The number of rotatable bonds is 3. The Morgan fingerprint density at radius 2 is 2.26 bits per heavy atom. The van der Waals surface area contributed by atoms with Gasteiger partial charge >= 0.3 is 0 Å². The Kier molecular flexibility index (Phi) is 3.94. The molecule has 0 fully saturated rings. The van der Waals surface area contributed by atoms with Crippen LogP contribution in [0.15, 0.2) is 28.9 Å². The van der Waals surface area contributed by atoms with Crippen LogP contribution >= 0.6 is 15.9 Å².